The number of thioether (sulfide) groups is 1. The third-order valence-corrected chi connectivity index (χ3v) is 8.13. The highest BCUT2D eigenvalue weighted by Crippen LogP contribution is 2.40. The number of nitrogens with zero attached hydrogens (tertiary/aromatic N) is 2. The van der Waals surface area contributed by atoms with Crippen molar-refractivity contribution in [1.82, 2.24) is 5.32 Å². The highest BCUT2D eigenvalue weighted by molar-refractivity contribution is 9.10. The van der Waals surface area contributed by atoms with E-state index in [2.05, 4.69) is 42.2 Å². The van der Waals surface area contributed by atoms with Crippen LogP contribution in [-0.4, -0.2) is 31.0 Å². The van der Waals surface area contributed by atoms with Crippen molar-refractivity contribution in [2.75, 3.05) is 6.61 Å². The van der Waals surface area contributed by atoms with E-state index in [1.807, 2.05) is 12.1 Å². The van der Waals surface area contributed by atoms with E-state index in [1.54, 1.807) is 37.3 Å². The smallest absolute Gasteiger partial charge is 0.339 e. The summed E-state index contributed by atoms with van der Waals surface area (Å²) in [5, 5.41) is 14.0. The van der Waals surface area contributed by atoms with Crippen LogP contribution in [0.5, 0.6) is 11.5 Å². The average Bonchev–Trinajstić information content (AvgIpc) is 3.21. The molecular weight excluding hydrogens is 666 g/mol. The van der Waals surface area contributed by atoms with E-state index >= 15 is 0 Å². The third-order valence-electron chi connectivity index (χ3n) is 4.87. The molecule has 1 aliphatic rings. The first-order valence-corrected chi connectivity index (χ1v) is 14.6. The number of carbonyl (C=O) groups excluding carboxylic acids is 1. The Morgan fingerprint density at radius 3 is 2.42 bits per heavy atom. The van der Waals surface area contributed by atoms with Gasteiger partial charge in [0.25, 0.3) is 11.6 Å². The minimum Gasteiger partial charge on any atom is -0.490 e. The molecule has 0 bridgehead atoms. The summed E-state index contributed by atoms with van der Waals surface area (Å²) in [6.45, 7) is 1.93. The second-order valence-corrected chi connectivity index (χ2v) is 11.9. The van der Waals surface area contributed by atoms with Crippen LogP contribution in [0.3, 0.4) is 0 Å². The number of nitrogens with one attached hydrogen (secondary N) is 1. The van der Waals surface area contributed by atoms with Gasteiger partial charge in [-0.2, -0.15) is 8.42 Å². The van der Waals surface area contributed by atoms with Gasteiger partial charge in [0.2, 0.25) is 0 Å². The molecule has 0 aromatic heterocycles. The average molecular weight is 683 g/mol. The van der Waals surface area contributed by atoms with Gasteiger partial charge in [-0.15, -0.1) is 0 Å². The molecule has 4 rings (SSSR count). The zero-order chi connectivity index (χ0) is 27.4. The predicted octanol–water partition coefficient (Wildman–Crippen LogP) is 6.18. The molecule has 3 aromatic rings. The van der Waals surface area contributed by atoms with E-state index in [-0.39, 0.29) is 39.1 Å². The lowest BCUT2D eigenvalue weighted by atomic mass is 10.2. The standard InChI is InChI=1S/C24H17Br2N3O7S2/c1-2-35-20-12-14(13-21-23(30)28-24(37-21)27-16-5-3-15(25)4-6-16)11-19(26)22(20)36-38(33,34)18-9-7-17(8-10-18)29(31)32/h3-13H,2H2,1H3,(H,27,28,30)/b21-13+. The van der Waals surface area contributed by atoms with E-state index in [0.717, 1.165) is 40.5 Å². The maximum absolute atomic E-state index is 12.9. The van der Waals surface area contributed by atoms with Gasteiger partial charge in [0.1, 0.15) is 4.90 Å². The van der Waals surface area contributed by atoms with Gasteiger partial charge in [-0.05, 0) is 94.8 Å². The first kappa shape index (κ1) is 27.8. The van der Waals surface area contributed by atoms with E-state index in [4.69, 9.17) is 8.92 Å². The summed E-state index contributed by atoms with van der Waals surface area (Å²) in [6, 6.07) is 14.7. The summed E-state index contributed by atoms with van der Waals surface area (Å²) in [5.41, 5.74) is 0.966. The molecule has 0 unspecified atom stereocenters. The number of aliphatic imine (C=N–C) groups is 1. The summed E-state index contributed by atoms with van der Waals surface area (Å²) in [7, 11) is -4.34. The van der Waals surface area contributed by atoms with Crippen LogP contribution < -0.4 is 14.2 Å². The van der Waals surface area contributed by atoms with Gasteiger partial charge in [0.05, 0.1) is 26.6 Å². The fourth-order valence-corrected chi connectivity index (χ4v) is 5.88. The molecule has 38 heavy (non-hydrogen) atoms. The zero-order valence-electron chi connectivity index (χ0n) is 19.4. The van der Waals surface area contributed by atoms with E-state index in [9.17, 15) is 23.3 Å². The van der Waals surface area contributed by atoms with Crippen LogP contribution in [-0.2, 0) is 14.9 Å². The molecule has 10 nitrogen and oxygen atoms in total. The fraction of sp³-hybridized carbons (Fsp3) is 0.0833. The topological polar surface area (TPSA) is 137 Å². The molecule has 1 aliphatic heterocycles. The van der Waals surface area contributed by atoms with Gasteiger partial charge in [-0.3, -0.25) is 14.9 Å². The predicted molar refractivity (Wildman–Crippen MR) is 151 cm³/mol. The Labute approximate surface area is 238 Å². The number of halogens is 2. The Morgan fingerprint density at radius 2 is 1.79 bits per heavy atom. The molecule has 3 aromatic carbocycles. The van der Waals surface area contributed by atoms with Gasteiger partial charge >= 0.3 is 10.1 Å². The quantitative estimate of drug-likeness (QED) is 0.129. The molecule has 14 heteroatoms. The Morgan fingerprint density at radius 1 is 1.11 bits per heavy atom. The minimum atomic E-state index is -4.34. The lowest BCUT2D eigenvalue weighted by Crippen LogP contribution is -2.19. The van der Waals surface area contributed by atoms with Gasteiger partial charge in [0, 0.05) is 16.6 Å². The van der Waals surface area contributed by atoms with Crippen molar-refractivity contribution in [3.05, 3.63) is 90.2 Å². The number of hydrogen-bond donors (Lipinski definition) is 1. The molecule has 1 fully saturated rings. The second kappa shape index (κ2) is 11.7. The van der Waals surface area contributed by atoms with Crippen molar-refractivity contribution in [3.8, 4) is 11.5 Å². The van der Waals surface area contributed by atoms with Crippen LogP contribution in [0.2, 0.25) is 0 Å². The molecular formula is C24H17Br2N3O7S2. The molecule has 0 saturated carbocycles. The first-order chi connectivity index (χ1) is 18.1. The lowest BCUT2D eigenvalue weighted by Gasteiger charge is -2.14. The Bertz CT molecular complexity index is 1570. The molecule has 0 aliphatic carbocycles. The molecule has 1 heterocycles. The normalized spacial score (nSPS) is 15.5. The highest BCUT2D eigenvalue weighted by Gasteiger charge is 2.26. The van der Waals surface area contributed by atoms with Gasteiger partial charge in [-0.1, -0.05) is 15.9 Å². The number of hydrogen-bond acceptors (Lipinski definition) is 9. The van der Waals surface area contributed by atoms with Crippen LogP contribution in [0.4, 0.5) is 11.4 Å². The Kier molecular flexibility index (Phi) is 8.55. The zero-order valence-corrected chi connectivity index (χ0v) is 24.2. The van der Waals surface area contributed by atoms with Crippen molar-refractivity contribution < 1.29 is 27.1 Å². The van der Waals surface area contributed by atoms with Gasteiger partial charge in [0.15, 0.2) is 16.7 Å². The SMILES string of the molecule is CCOc1cc(/C=C2/SC(=Nc3ccc(Br)cc3)NC2=O)cc(Br)c1OS(=O)(=O)c1ccc([N+](=O)[O-])cc1. The first-order valence-electron chi connectivity index (χ1n) is 10.8. The number of non-ortho nitro benzene ring substituents is 1. The highest BCUT2D eigenvalue weighted by atomic mass is 79.9. The van der Waals surface area contributed by atoms with Crippen molar-refractivity contribution in [2.45, 2.75) is 11.8 Å². The monoisotopic (exact) mass is 681 g/mol. The number of rotatable bonds is 8. The maximum atomic E-state index is 12.9. The van der Waals surface area contributed by atoms with Crippen LogP contribution in [0, 0.1) is 10.1 Å². The van der Waals surface area contributed by atoms with Crippen molar-refractivity contribution in [1.29, 1.82) is 0 Å². The number of nitro groups is 1. The summed E-state index contributed by atoms with van der Waals surface area (Å²) in [5.74, 6) is -0.319. The largest absolute Gasteiger partial charge is 0.490 e. The summed E-state index contributed by atoms with van der Waals surface area (Å²) >= 11 is 7.85. The molecule has 1 saturated heterocycles. The molecule has 0 spiro atoms. The third kappa shape index (κ3) is 6.62. The van der Waals surface area contributed by atoms with Crippen molar-refractivity contribution >= 4 is 82.3 Å². The van der Waals surface area contributed by atoms with Crippen molar-refractivity contribution in [2.24, 2.45) is 4.99 Å². The van der Waals surface area contributed by atoms with Crippen LogP contribution in [0.1, 0.15) is 12.5 Å². The molecule has 196 valence electrons. The summed E-state index contributed by atoms with van der Waals surface area (Å²) < 4.78 is 37.8. The minimum absolute atomic E-state index is 0.103. The van der Waals surface area contributed by atoms with E-state index in [1.165, 1.54) is 0 Å². The van der Waals surface area contributed by atoms with Gasteiger partial charge < -0.3 is 14.2 Å². The van der Waals surface area contributed by atoms with Gasteiger partial charge in [-0.25, -0.2) is 4.99 Å². The van der Waals surface area contributed by atoms with Crippen LogP contribution in [0.25, 0.3) is 6.08 Å². The molecule has 1 N–H and O–H groups in total. The fourth-order valence-electron chi connectivity index (χ4n) is 3.17. The summed E-state index contributed by atoms with van der Waals surface area (Å²) in [6.07, 6.45) is 1.62. The maximum Gasteiger partial charge on any atom is 0.339 e. The van der Waals surface area contributed by atoms with Crippen LogP contribution in [0.15, 0.2) is 84.4 Å². The van der Waals surface area contributed by atoms with Crippen molar-refractivity contribution in [3.63, 3.8) is 0 Å². The number of amidine groups is 1. The number of nitro benzene ring substituents is 1. The Hall–Kier alpha value is -3.20. The molecule has 0 radical (unpaired) electrons. The Balaban J connectivity index is 1.61. The molecule has 1 amide bonds. The number of amides is 1. The number of ether oxygens (including phenoxy) is 1. The number of carbonyl (C=O) groups is 1. The van der Waals surface area contributed by atoms with E-state index in [0.29, 0.717) is 21.3 Å². The lowest BCUT2D eigenvalue weighted by molar-refractivity contribution is -0.384. The molecule has 0 atom stereocenters. The van der Waals surface area contributed by atoms with Crippen LogP contribution >= 0.6 is 43.6 Å². The number of benzene rings is 3. The van der Waals surface area contributed by atoms with E-state index < -0.39 is 15.0 Å². The second-order valence-electron chi connectivity index (χ2n) is 7.51. The summed E-state index contributed by atoms with van der Waals surface area (Å²) in [4.78, 5) is 27.3.